The van der Waals surface area contributed by atoms with Crippen LogP contribution in [-0.4, -0.2) is 33.3 Å². The zero-order valence-corrected chi connectivity index (χ0v) is 16.6. The first-order valence-corrected chi connectivity index (χ1v) is 10.1. The Hall–Kier alpha value is -2.96. The number of piperidine rings is 1. The van der Waals surface area contributed by atoms with E-state index >= 15 is 0 Å². The molecule has 1 aromatic carbocycles. The second-order valence-electron chi connectivity index (χ2n) is 7.41. The van der Waals surface area contributed by atoms with Crippen molar-refractivity contribution in [3.8, 4) is 22.4 Å². The molecule has 0 saturated carbocycles. The number of nitrogen functional groups attached to an aromatic ring is 1. The monoisotopic (exact) mass is 404 g/mol. The third kappa shape index (κ3) is 3.34. The maximum atomic E-state index is 6.38. The largest absolute Gasteiger partial charge is 0.383 e. The molecule has 7 heteroatoms. The highest BCUT2D eigenvalue weighted by atomic mass is 35.5. The van der Waals surface area contributed by atoms with Crippen LogP contribution in [0.25, 0.3) is 33.2 Å². The Kier molecular flexibility index (Phi) is 4.66. The normalized spacial score (nSPS) is 15.1. The van der Waals surface area contributed by atoms with Gasteiger partial charge >= 0.3 is 0 Å². The van der Waals surface area contributed by atoms with Gasteiger partial charge < -0.3 is 11.1 Å². The fraction of sp³-hybridized carbons (Fsp3) is 0.227. The van der Waals surface area contributed by atoms with Gasteiger partial charge in [-0.25, -0.2) is 4.98 Å². The lowest BCUT2D eigenvalue weighted by molar-refractivity contribution is 0.453. The third-order valence-corrected chi connectivity index (χ3v) is 5.96. The number of fused-ring (bicyclic) bond motifs is 1. The molecule has 1 fully saturated rings. The summed E-state index contributed by atoms with van der Waals surface area (Å²) in [5, 5.41) is 13.6. The minimum absolute atomic E-state index is 0.444. The molecule has 4 aromatic rings. The van der Waals surface area contributed by atoms with E-state index in [-0.39, 0.29) is 0 Å². The van der Waals surface area contributed by atoms with Gasteiger partial charge in [-0.1, -0.05) is 23.7 Å². The average Bonchev–Trinajstić information content (AvgIpc) is 3.25. The van der Waals surface area contributed by atoms with Crippen molar-refractivity contribution in [3.63, 3.8) is 0 Å². The first kappa shape index (κ1) is 18.1. The molecule has 4 N–H and O–H groups in total. The molecule has 1 aliphatic rings. The number of benzene rings is 1. The summed E-state index contributed by atoms with van der Waals surface area (Å²) in [6, 6.07) is 9.81. The summed E-state index contributed by atoms with van der Waals surface area (Å²) in [5.41, 5.74) is 11.0. The fourth-order valence-electron chi connectivity index (χ4n) is 4.05. The number of aromatic nitrogens is 4. The summed E-state index contributed by atoms with van der Waals surface area (Å²) >= 11 is 6.38. The van der Waals surface area contributed by atoms with Crippen molar-refractivity contribution in [1.29, 1.82) is 0 Å². The van der Waals surface area contributed by atoms with Crippen LogP contribution in [0, 0.1) is 0 Å². The highest BCUT2D eigenvalue weighted by Gasteiger charge is 2.21. The van der Waals surface area contributed by atoms with Gasteiger partial charge in [-0.15, -0.1) is 0 Å². The van der Waals surface area contributed by atoms with Crippen molar-refractivity contribution in [2.75, 3.05) is 18.8 Å². The average molecular weight is 405 g/mol. The van der Waals surface area contributed by atoms with Crippen LogP contribution in [0.5, 0.6) is 0 Å². The van der Waals surface area contributed by atoms with E-state index in [1.807, 2.05) is 48.9 Å². The highest BCUT2D eigenvalue weighted by Crippen LogP contribution is 2.35. The lowest BCUT2D eigenvalue weighted by Crippen LogP contribution is -2.27. The second kappa shape index (κ2) is 7.46. The SMILES string of the molecule is Nc1ncc(-c2cn[nH]c2C2CCNCC2)cc1-c1cc2c(Cl)cccc2cn1. The standard InChI is InChI=1S/C22H21ClN6/c23-19-3-1-2-14-10-26-20(9-16(14)19)17-8-15(11-27-22(17)24)18-12-28-29-21(18)13-4-6-25-7-5-13/h1-3,8-13,25H,4-7H2,(H2,24,27)(H,28,29). The molecule has 0 bridgehead atoms. The summed E-state index contributed by atoms with van der Waals surface area (Å²) in [7, 11) is 0. The molecule has 0 atom stereocenters. The smallest absolute Gasteiger partial charge is 0.132 e. The Labute approximate surface area is 173 Å². The molecular weight excluding hydrogens is 384 g/mol. The third-order valence-electron chi connectivity index (χ3n) is 5.63. The zero-order chi connectivity index (χ0) is 19.8. The minimum atomic E-state index is 0.444. The lowest BCUT2D eigenvalue weighted by Gasteiger charge is -2.22. The van der Waals surface area contributed by atoms with Gasteiger partial charge in [0, 0.05) is 56.5 Å². The Morgan fingerprint density at radius 1 is 1.00 bits per heavy atom. The number of anilines is 1. The van der Waals surface area contributed by atoms with Crippen LogP contribution in [0.3, 0.4) is 0 Å². The van der Waals surface area contributed by atoms with Crippen LogP contribution in [0.15, 0.2) is 48.9 Å². The number of H-pyrrole nitrogens is 1. The van der Waals surface area contributed by atoms with Crippen LogP contribution in [0.2, 0.25) is 5.02 Å². The van der Waals surface area contributed by atoms with E-state index in [0.29, 0.717) is 16.8 Å². The molecule has 0 radical (unpaired) electrons. The predicted molar refractivity (Wildman–Crippen MR) is 117 cm³/mol. The van der Waals surface area contributed by atoms with Gasteiger partial charge in [-0.3, -0.25) is 10.1 Å². The topological polar surface area (TPSA) is 92.5 Å². The van der Waals surface area contributed by atoms with E-state index < -0.39 is 0 Å². The van der Waals surface area contributed by atoms with Gasteiger partial charge in [-0.2, -0.15) is 5.10 Å². The van der Waals surface area contributed by atoms with Crippen molar-refractivity contribution in [2.24, 2.45) is 0 Å². The molecule has 1 aliphatic heterocycles. The lowest BCUT2D eigenvalue weighted by atomic mass is 9.90. The Balaban J connectivity index is 1.59. The molecule has 29 heavy (non-hydrogen) atoms. The number of halogens is 1. The minimum Gasteiger partial charge on any atom is -0.383 e. The van der Waals surface area contributed by atoms with Gasteiger partial charge in [0.1, 0.15) is 5.82 Å². The van der Waals surface area contributed by atoms with Crippen molar-refractivity contribution in [1.82, 2.24) is 25.5 Å². The fourth-order valence-corrected chi connectivity index (χ4v) is 4.29. The molecule has 1 saturated heterocycles. The number of aromatic amines is 1. The maximum absolute atomic E-state index is 6.38. The van der Waals surface area contributed by atoms with Crippen molar-refractivity contribution in [2.45, 2.75) is 18.8 Å². The first-order chi connectivity index (χ1) is 14.2. The predicted octanol–water partition coefficient (Wildman–Crippen LogP) is 4.39. The summed E-state index contributed by atoms with van der Waals surface area (Å²) in [6.07, 6.45) is 7.69. The van der Waals surface area contributed by atoms with E-state index in [0.717, 1.165) is 59.1 Å². The van der Waals surface area contributed by atoms with Crippen LogP contribution >= 0.6 is 11.6 Å². The summed E-state index contributed by atoms with van der Waals surface area (Å²) in [4.78, 5) is 9.05. The number of hydrogen-bond donors (Lipinski definition) is 3. The Morgan fingerprint density at radius 3 is 2.72 bits per heavy atom. The molecule has 0 aliphatic carbocycles. The van der Waals surface area contributed by atoms with Crippen molar-refractivity contribution in [3.05, 3.63) is 59.6 Å². The molecule has 0 spiro atoms. The van der Waals surface area contributed by atoms with E-state index in [4.69, 9.17) is 17.3 Å². The summed E-state index contributed by atoms with van der Waals surface area (Å²) in [6.45, 7) is 2.05. The van der Waals surface area contributed by atoms with E-state index in [9.17, 15) is 0 Å². The zero-order valence-electron chi connectivity index (χ0n) is 15.8. The molecule has 146 valence electrons. The second-order valence-corrected chi connectivity index (χ2v) is 7.82. The van der Waals surface area contributed by atoms with Crippen LogP contribution in [0.1, 0.15) is 24.5 Å². The number of nitrogens with one attached hydrogen (secondary N) is 2. The van der Waals surface area contributed by atoms with Gasteiger partial charge in [-0.05, 0) is 44.1 Å². The molecule has 3 aromatic heterocycles. The first-order valence-electron chi connectivity index (χ1n) is 9.75. The van der Waals surface area contributed by atoms with E-state index in [1.54, 1.807) is 0 Å². The van der Waals surface area contributed by atoms with Crippen molar-refractivity contribution < 1.29 is 0 Å². The van der Waals surface area contributed by atoms with Crippen LogP contribution in [-0.2, 0) is 0 Å². The molecule has 5 rings (SSSR count). The van der Waals surface area contributed by atoms with Gasteiger partial charge in [0.15, 0.2) is 0 Å². The number of nitrogens with two attached hydrogens (primary N) is 1. The van der Waals surface area contributed by atoms with E-state index in [2.05, 4.69) is 25.5 Å². The molecule has 0 amide bonds. The van der Waals surface area contributed by atoms with Gasteiger partial charge in [0.2, 0.25) is 0 Å². The summed E-state index contributed by atoms with van der Waals surface area (Å²) < 4.78 is 0. The number of pyridine rings is 2. The molecular formula is C22H21ClN6. The van der Waals surface area contributed by atoms with E-state index in [1.165, 1.54) is 5.69 Å². The maximum Gasteiger partial charge on any atom is 0.132 e. The number of nitrogens with zero attached hydrogens (tertiary/aromatic N) is 3. The van der Waals surface area contributed by atoms with Gasteiger partial charge in [0.25, 0.3) is 0 Å². The summed E-state index contributed by atoms with van der Waals surface area (Å²) in [5.74, 6) is 0.909. The number of hydrogen-bond acceptors (Lipinski definition) is 5. The quantitative estimate of drug-likeness (QED) is 0.471. The van der Waals surface area contributed by atoms with Gasteiger partial charge in [0.05, 0.1) is 11.9 Å². The molecule has 4 heterocycles. The van der Waals surface area contributed by atoms with Crippen LogP contribution in [0.4, 0.5) is 5.82 Å². The Bertz CT molecular complexity index is 1180. The van der Waals surface area contributed by atoms with Crippen LogP contribution < -0.4 is 11.1 Å². The van der Waals surface area contributed by atoms with Crippen molar-refractivity contribution >= 4 is 28.2 Å². The Morgan fingerprint density at radius 2 is 1.86 bits per heavy atom. The molecule has 0 unspecified atom stereocenters. The number of rotatable bonds is 3. The molecule has 6 nitrogen and oxygen atoms in total. The highest BCUT2D eigenvalue weighted by molar-refractivity contribution is 6.35.